The molecule has 1 aliphatic rings. The van der Waals surface area contributed by atoms with Gasteiger partial charge in [-0.1, -0.05) is 48.7 Å². The minimum atomic E-state index is 0.427. The molecule has 4 rings (SSSR count). The van der Waals surface area contributed by atoms with Crippen LogP contribution >= 0.6 is 23.4 Å². The second-order valence-electron chi connectivity index (χ2n) is 6.19. The largest absolute Gasteiger partial charge is 0.461 e. The van der Waals surface area contributed by atoms with E-state index < -0.39 is 0 Å². The maximum atomic E-state index is 6.18. The second kappa shape index (κ2) is 7.62. The van der Waals surface area contributed by atoms with Crippen molar-refractivity contribution < 1.29 is 4.42 Å². The van der Waals surface area contributed by atoms with Crippen LogP contribution in [0.4, 0.5) is 0 Å². The highest BCUT2D eigenvalue weighted by atomic mass is 35.5. The normalized spacial score (nSPS) is 15.6. The Morgan fingerprint density at radius 3 is 2.80 bits per heavy atom. The molecule has 0 aromatic carbocycles. The Hall–Kier alpha value is -1.79. The fourth-order valence-electron chi connectivity index (χ4n) is 3.29. The van der Waals surface area contributed by atoms with E-state index in [9.17, 15) is 0 Å². The van der Waals surface area contributed by atoms with E-state index in [1.807, 2.05) is 24.3 Å². The number of pyridine rings is 1. The van der Waals surface area contributed by atoms with Gasteiger partial charge in [-0.2, -0.15) is 0 Å². The zero-order valence-corrected chi connectivity index (χ0v) is 15.3. The summed E-state index contributed by atoms with van der Waals surface area (Å²) in [6, 6.07) is 8.15. The molecule has 0 amide bonds. The highest BCUT2D eigenvalue weighted by Crippen LogP contribution is 2.36. The first-order valence-electron chi connectivity index (χ1n) is 8.54. The molecule has 25 heavy (non-hydrogen) atoms. The second-order valence-corrected chi connectivity index (χ2v) is 7.49. The van der Waals surface area contributed by atoms with E-state index in [1.54, 1.807) is 24.2 Å². The van der Waals surface area contributed by atoms with Crippen molar-refractivity contribution in [3.8, 4) is 11.6 Å². The molecule has 7 heteroatoms. The maximum absolute atomic E-state index is 6.18. The molecule has 0 atom stereocenters. The average molecular weight is 375 g/mol. The third kappa shape index (κ3) is 3.60. The Balaban J connectivity index is 1.64. The molecule has 3 heterocycles. The summed E-state index contributed by atoms with van der Waals surface area (Å²) in [6.45, 7) is 0. The van der Waals surface area contributed by atoms with Crippen molar-refractivity contribution in [1.82, 2.24) is 19.7 Å². The Morgan fingerprint density at radius 1 is 1.16 bits per heavy atom. The molecular weight excluding hydrogens is 356 g/mol. The molecular formula is C18H19ClN4OS. The molecule has 5 nitrogen and oxygen atoms in total. The lowest BCUT2D eigenvalue weighted by molar-refractivity contribution is 0.337. The molecule has 0 bridgehead atoms. The number of halogens is 1. The summed E-state index contributed by atoms with van der Waals surface area (Å²) in [7, 11) is 0. The van der Waals surface area contributed by atoms with Crippen molar-refractivity contribution in [2.75, 3.05) is 0 Å². The quantitative estimate of drug-likeness (QED) is 0.443. The van der Waals surface area contributed by atoms with E-state index in [0.717, 1.165) is 40.9 Å². The molecule has 130 valence electrons. The number of nitrogens with zero attached hydrogens (tertiary/aromatic N) is 4. The van der Waals surface area contributed by atoms with Gasteiger partial charge in [0.15, 0.2) is 10.9 Å². The third-order valence-corrected chi connectivity index (χ3v) is 5.87. The van der Waals surface area contributed by atoms with Crippen LogP contribution in [0.3, 0.4) is 0 Å². The van der Waals surface area contributed by atoms with Crippen molar-refractivity contribution in [2.45, 2.75) is 49.1 Å². The summed E-state index contributed by atoms with van der Waals surface area (Å²) < 4.78 is 7.84. The van der Waals surface area contributed by atoms with Crippen molar-refractivity contribution in [3.05, 3.63) is 47.4 Å². The summed E-state index contributed by atoms with van der Waals surface area (Å²) >= 11 is 7.83. The number of aromatic nitrogens is 4. The lowest BCUT2D eigenvalue weighted by atomic mass is 9.95. The van der Waals surface area contributed by atoms with Crippen LogP contribution in [0.5, 0.6) is 0 Å². The van der Waals surface area contributed by atoms with Gasteiger partial charge in [-0.05, 0) is 36.6 Å². The van der Waals surface area contributed by atoms with Crippen LogP contribution in [-0.2, 0) is 5.75 Å². The van der Waals surface area contributed by atoms with Gasteiger partial charge in [0.1, 0.15) is 5.15 Å². The van der Waals surface area contributed by atoms with Crippen LogP contribution < -0.4 is 0 Å². The fraction of sp³-hybridized carbons (Fsp3) is 0.389. The monoisotopic (exact) mass is 374 g/mol. The first-order valence-corrected chi connectivity index (χ1v) is 9.90. The van der Waals surface area contributed by atoms with Gasteiger partial charge >= 0.3 is 0 Å². The van der Waals surface area contributed by atoms with Crippen LogP contribution in [-0.4, -0.2) is 19.7 Å². The molecule has 1 aliphatic carbocycles. The Kier molecular flexibility index (Phi) is 5.08. The molecule has 0 spiro atoms. The van der Waals surface area contributed by atoms with E-state index >= 15 is 0 Å². The van der Waals surface area contributed by atoms with E-state index in [0.29, 0.717) is 11.2 Å². The van der Waals surface area contributed by atoms with Crippen LogP contribution in [0.1, 0.15) is 43.7 Å². The number of hydrogen-bond acceptors (Lipinski definition) is 5. The van der Waals surface area contributed by atoms with Crippen molar-refractivity contribution >= 4 is 23.4 Å². The van der Waals surface area contributed by atoms with Gasteiger partial charge < -0.3 is 4.42 Å². The van der Waals surface area contributed by atoms with Gasteiger partial charge in [-0.15, -0.1) is 10.2 Å². The minimum absolute atomic E-state index is 0.427. The molecule has 0 radical (unpaired) electrons. The summed E-state index contributed by atoms with van der Waals surface area (Å²) in [5.41, 5.74) is 1.01. The van der Waals surface area contributed by atoms with Crippen LogP contribution in [0, 0.1) is 0 Å². The number of rotatable bonds is 5. The fourth-order valence-corrected chi connectivity index (χ4v) is 4.54. The summed E-state index contributed by atoms with van der Waals surface area (Å²) in [5, 5.41) is 10.3. The predicted molar refractivity (Wildman–Crippen MR) is 98.7 cm³/mol. The maximum Gasteiger partial charge on any atom is 0.200 e. The smallest absolute Gasteiger partial charge is 0.200 e. The highest BCUT2D eigenvalue weighted by molar-refractivity contribution is 7.98. The lowest BCUT2D eigenvalue weighted by Gasteiger charge is -2.25. The van der Waals surface area contributed by atoms with Crippen LogP contribution in [0.2, 0.25) is 5.15 Å². The van der Waals surface area contributed by atoms with Gasteiger partial charge in [0, 0.05) is 18.0 Å². The zero-order valence-electron chi connectivity index (χ0n) is 13.8. The molecule has 3 aromatic heterocycles. The van der Waals surface area contributed by atoms with Crippen molar-refractivity contribution in [3.63, 3.8) is 0 Å². The predicted octanol–water partition coefficient (Wildman–Crippen LogP) is 5.38. The topological polar surface area (TPSA) is 56.7 Å². The Morgan fingerprint density at radius 2 is 2.04 bits per heavy atom. The molecule has 0 N–H and O–H groups in total. The third-order valence-electron chi connectivity index (χ3n) is 4.54. The average Bonchev–Trinajstić information content (AvgIpc) is 3.31. The molecule has 1 saturated carbocycles. The summed E-state index contributed by atoms with van der Waals surface area (Å²) in [6.07, 6.45) is 9.51. The number of thioether (sulfide) groups is 1. The zero-order chi connectivity index (χ0) is 17.1. The molecule has 1 fully saturated rings. The highest BCUT2D eigenvalue weighted by Gasteiger charge is 2.25. The Bertz CT molecular complexity index is 827. The van der Waals surface area contributed by atoms with E-state index in [1.165, 1.54) is 19.3 Å². The van der Waals surface area contributed by atoms with Crippen molar-refractivity contribution in [2.24, 2.45) is 0 Å². The molecule has 3 aromatic rings. The summed E-state index contributed by atoms with van der Waals surface area (Å²) in [4.78, 5) is 4.14. The van der Waals surface area contributed by atoms with E-state index in [-0.39, 0.29) is 0 Å². The van der Waals surface area contributed by atoms with Crippen molar-refractivity contribution in [1.29, 1.82) is 0 Å². The first kappa shape index (κ1) is 16.7. The van der Waals surface area contributed by atoms with E-state index in [4.69, 9.17) is 16.0 Å². The van der Waals surface area contributed by atoms with Gasteiger partial charge in [0.25, 0.3) is 0 Å². The van der Waals surface area contributed by atoms with Gasteiger partial charge in [-0.25, -0.2) is 4.98 Å². The number of furan rings is 1. The number of hydrogen-bond donors (Lipinski definition) is 0. The lowest BCUT2D eigenvalue weighted by Crippen LogP contribution is -2.15. The standard InChI is InChI=1S/C18H19ClN4OS/c19-16-13(6-4-10-20-16)12-25-18-22-21-17(15-9-5-11-24-15)23(18)14-7-2-1-3-8-14/h4-6,9-11,14H,1-3,7-8,12H2. The van der Waals surface area contributed by atoms with E-state index in [2.05, 4.69) is 19.7 Å². The Labute approximate surface area is 155 Å². The van der Waals surface area contributed by atoms with Gasteiger partial charge in [0.2, 0.25) is 5.82 Å². The first-order chi connectivity index (χ1) is 12.3. The molecule has 0 aliphatic heterocycles. The SMILES string of the molecule is Clc1ncccc1CSc1nnc(-c2ccco2)n1C1CCCCC1. The minimum Gasteiger partial charge on any atom is -0.461 e. The molecule has 0 unspecified atom stereocenters. The van der Waals surface area contributed by atoms with Gasteiger partial charge in [-0.3, -0.25) is 4.57 Å². The van der Waals surface area contributed by atoms with Crippen LogP contribution in [0.15, 0.2) is 46.3 Å². The van der Waals surface area contributed by atoms with Gasteiger partial charge in [0.05, 0.1) is 6.26 Å². The summed E-state index contributed by atoms with van der Waals surface area (Å²) in [5.74, 6) is 2.30. The molecule has 0 saturated heterocycles. The van der Waals surface area contributed by atoms with Crippen LogP contribution in [0.25, 0.3) is 11.6 Å².